The summed E-state index contributed by atoms with van der Waals surface area (Å²) in [5, 5.41) is 3.36. The molecule has 0 aromatic heterocycles. The summed E-state index contributed by atoms with van der Waals surface area (Å²) < 4.78 is 38.0. The molecule has 0 saturated carbocycles. The molecule has 41 heavy (non-hydrogen) atoms. The number of anilines is 1. The lowest BCUT2D eigenvalue weighted by Crippen LogP contribution is -2.31. The van der Waals surface area contributed by atoms with Gasteiger partial charge in [-0.25, -0.2) is 8.42 Å². The van der Waals surface area contributed by atoms with E-state index < -0.39 is 21.7 Å². The van der Waals surface area contributed by atoms with Crippen LogP contribution < -0.4 is 19.7 Å². The Labute approximate surface area is 243 Å². The van der Waals surface area contributed by atoms with Gasteiger partial charge in [0, 0.05) is 17.1 Å². The molecule has 8 nitrogen and oxygen atoms in total. The van der Waals surface area contributed by atoms with Gasteiger partial charge in [-0.15, -0.1) is 0 Å². The number of halogens is 1. The first-order valence-corrected chi connectivity index (χ1v) is 14.6. The van der Waals surface area contributed by atoms with Crippen molar-refractivity contribution >= 4 is 38.9 Å². The van der Waals surface area contributed by atoms with Crippen LogP contribution in [-0.2, 0) is 22.8 Å². The van der Waals surface area contributed by atoms with E-state index >= 15 is 0 Å². The number of methoxy groups -OCH3 is 2. The van der Waals surface area contributed by atoms with Gasteiger partial charge < -0.3 is 19.7 Å². The first-order chi connectivity index (χ1) is 19.7. The summed E-state index contributed by atoms with van der Waals surface area (Å²) in [6.45, 7) is 0.376. The van der Waals surface area contributed by atoms with Crippen molar-refractivity contribution in [2.75, 3.05) is 25.7 Å². The number of hydrogen-bond donors (Lipinski definition) is 1. The predicted molar refractivity (Wildman–Crippen MR) is 156 cm³/mol. The second-order valence-electron chi connectivity index (χ2n) is 9.40. The normalized spacial score (nSPS) is 13.5. The number of ether oxygens (including phenoxy) is 2. The van der Waals surface area contributed by atoms with Crippen LogP contribution >= 0.6 is 11.6 Å². The van der Waals surface area contributed by atoms with Crippen LogP contribution in [0.2, 0.25) is 5.02 Å². The Hall–Kier alpha value is -4.34. The van der Waals surface area contributed by atoms with Gasteiger partial charge in [-0.05, 0) is 72.1 Å². The highest BCUT2D eigenvalue weighted by Crippen LogP contribution is 2.38. The molecule has 1 aliphatic heterocycles. The minimum Gasteiger partial charge on any atom is -0.493 e. The zero-order valence-corrected chi connectivity index (χ0v) is 24.0. The summed E-state index contributed by atoms with van der Waals surface area (Å²) in [7, 11) is -0.936. The SMILES string of the molecule is COc1ccc(CCNC(=O)c2ccc3c(c2)N(Cc2cccc(Cl)c2)C(=O)c2ccccc2S3(=O)=O)cc1OC. The molecule has 0 unspecified atom stereocenters. The van der Waals surface area contributed by atoms with Crippen LogP contribution in [0.25, 0.3) is 0 Å². The van der Waals surface area contributed by atoms with Gasteiger partial charge in [0.15, 0.2) is 11.5 Å². The van der Waals surface area contributed by atoms with E-state index in [-0.39, 0.29) is 33.2 Å². The molecule has 0 saturated heterocycles. The second kappa shape index (κ2) is 11.6. The minimum atomic E-state index is -4.05. The van der Waals surface area contributed by atoms with E-state index in [0.29, 0.717) is 35.1 Å². The van der Waals surface area contributed by atoms with Crippen molar-refractivity contribution in [2.24, 2.45) is 0 Å². The number of amides is 2. The molecule has 5 rings (SSSR count). The molecule has 1 N–H and O–H groups in total. The molecule has 210 valence electrons. The Kier molecular flexibility index (Phi) is 8.01. The molecule has 4 aromatic rings. The van der Waals surface area contributed by atoms with Crippen LogP contribution in [-0.4, -0.2) is 41.0 Å². The number of carbonyl (C=O) groups excluding carboxylic acids is 2. The highest BCUT2D eigenvalue weighted by Gasteiger charge is 2.36. The first kappa shape index (κ1) is 28.2. The Balaban J connectivity index is 1.46. The first-order valence-electron chi connectivity index (χ1n) is 12.8. The molecule has 0 bridgehead atoms. The zero-order valence-electron chi connectivity index (χ0n) is 22.4. The van der Waals surface area contributed by atoms with E-state index in [4.69, 9.17) is 21.1 Å². The van der Waals surface area contributed by atoms with Gasteiger partial charge in [-0.1, -0.05) is 41.9 Å². The van der Waals surface area contributed by atoms with Gasteiger partial charge in [0.05, 0.1) is 41.8 Å². The van der Waals surface area contributed by atoms with Crippen molar-refractivity contribution in [3.8, 4) is 11.5 Å². The molecular weight excluding hydrogens is 564 g/mol. The van der Waals surface area contributed by atoms with Crippen molar-refractivity contribution in [1.82, 2.24) is 5.32 Å². The van der Waals surface area contributed by atoms with Crippen LogP contribution in [0.3, 0.4) is 0 Å². The Morgan fingerprint density at radius 2 is 1.63 bits per heavy atom. The fourth-order valence-electron chi connectivity index (χ4n) is 4.78. The van der Waals surface area contributed by atoms with E-state index in [1.807, 2.05) is 12.1 Å². The van der Waals surface area contributed by atoms with E-state index in [9.17, 15) is 18.0 Å². The van der Waals surface area contributed by atoms with Crippen LogP contribution in [0.15, 0.2) is 94.7 Å². The van der Waals surface area contributed by atoms with E-state index in [0.717, 1.165) is 5.56 Å². The topological polar surface area (TPSA) is 102 Å². The van der Waals surface area contributed by atoms with Crippen LogP contribution in [0.5, 0.6) is 11.5 Å². The Morgan fingerprint density at radius 1 is 0.854 bits per heavy atom. The van der Waals surface area contributed by atoms with Gasteiger partial charge in [-0.3, -0.25) is 9.59 Å². The lowest BCUT2D eigenvalue weighted by molar-refractivity contribution is 0.0950. The van der Waals surface area contributed by atoms with Crippen molar-refractivity contribution < 1.29 is 27.5 Å². The maximum Gasteiger partial charge on any atom is 0.259 e. The number of nitrogens with zero attached hydrogens (tertiary/aromatic N) is 1. The average molecular weight is 591 g/mol. The summed E-state index contributed by atoms with van der Waals surface area (Å²) in [5.41, 5.74) is 2.05. The highest BCUT2D eigenvalue weighted by molar-refractivity contribution is 7.91. The van der Waals surface area contributed by atoms with E-state index in [1.54, 1.807) is 56.7 Å². The maximum absolute atomic E-state index is 13.8. The number of fused-ring (bicyclic) bond motifs is 2. The summed E-state index contributed by atoms with van der Waals surface area (Å²) in [6, 6.07) is 22.9. The monoisotopic (exact) mass is 590 g/mol. The second-order valence-corrected chi connectivity index (χ2v) is 11.7. The molecule has 0 spiro atoms. The van der Waals surface area contributed by atoms with Crippen LogP contribution in [0.1, 0.15) is 31.8 Å². The summed E-state index contributed by atoms with van der Waals surface area (Å²) in [6.07, 6.45) is 0.528. The molecule has 0 radical (unpaired) electrons. The minimum absolute atomic E-state index is 0.0558. The molecule has 0 fully saturated rings. The lowest BCUT2D eigenvalue weighted by Gasteiger charge is -2.23. The number of rotatable bonds is 8. The fourth-order valence-corrected chi connectivity index (χ4v) is 6.63. The molecule has 0 atom stereocenters. The fraction of sp³-hybridized carbons (Fsp3) is 0.161. The van der Waals surface area contributed by atoms with Crippen molar-refractivity contribution in [3.63, 3.8) is 0 Å². The summed E-state index contributed by atoms with van der Waals surface area (Å²) >= 11 is 6.18. The van der Waals surface area contributed by atoms with Gasteiger partial charge in [0.1, 0.15) is 0 Å². The average Bonchev–Trinajstić information content (AvgIpc) is 3.05. The third-order valence-electron chi connectivity index (χ3n) is 6.83. The largest absolute Gasteiger partial charge is 0.493 e. The molecule has 10 heteroatoms. The number of benzene rings is 4. The number of sulfone groups is 1. The van der Waals surface area contributed by atoms with Gasteiger partial charge in [0.2, 0.25) is 9.84 Å². The third kappa shape index (κ3) is 5.64. The van der Waals surface area contributed by atoms with E-state index in [2.05, 4.69) is 5.32 Å². The standard InChI is InChI=1S/C31H27ClN2O6S/c1-39-26-12-10-20(17-27(26)40-2)14-15-33-30(35)22-11-13-29-25(18-22)34(19-21-6-5-7-23(32)16-21)31(36)24-8-3-4-9-28(24)41(29,37)38/h3-13,16-18H,14-15,19H2,1-2H3,(H,33,35). The highest BCUT2D eigenvalue weighted by atomic mass is 35.5. The van der Waals surface area contributed by atoms with Gasteiger partial charge >= 0.3 is 0 Å². The van der Waals surface area contributed by atoms with E-state index in [1.165, 1.54) is 35.2 Å². The Morgan fingerprint density at radius 3 is 2.39 bits per heavy atom. The van der Waals surface area contributed by atoms with Crippen LogP contribution in [0.4, 0.5) is 5.69 Å². The molecule has 0 aliphatic carbocycles. The molecular formula is C31H27ClN2O6S. The van der Waals surface area contributed by atoms with Gasteiger partial charge in [0.25, 0.3) is 11.8 Å². The molecule has 1 aliphatic rings. The van der Waals surface area contributed by atoms with Crippen LogP contribution in [0, 0.1) is 0 Å². The number of nitrogens with one attached hydrogen (secondary N) is 1. The van der Waals surface area contributed by atoms with Crippen molar-refractivity contribution in [1.29, 1.82) is 0 Å². The Bertz CT molecular complexity index is 1760. The maximum atomic E-state index is 13.8. The van der Waals surface area contributed by atoms with Crippen molar-refractivity contribution in [2.45, 2.75) is 22.8 Å². The summed E-state index contributed by atoms with van der Waals surface area (Å²) in [5.74, 6) is 0.310. The third-order valence-corrected chi connectivity index (χ3v) is 8.92. The predicted octanol–water partition coefficient (Wildman–Crippen LogP) is 5.32. The summed E-state index contributed by atoms with van der Waals surface area (Å²) in [4.78, 5) is 28.2. The lowest BCUT2D eigenvalue weighted by atomic mass is 10.1. The quantitative estimate of drug-likeness (QED) is 0.298. The van der Waals surface area contributed by atoms with Gasteiger partial charge in [-0.2, -0.15) is 0 Å². The molecule has 1 heterocycles. The molecule has 4 aromatic carbocycles. The molecule has 2 amide bonds. The van der Waals surface area contributed by atoms with Crippen molar-refractivity contribution in [3.05, 3.63) is 112 Å². The number of hydrogen-bond acceptors (Lipinski definition) is 6. The smallest absolute Gasteiger partial charge is 0.259 e. The zero-order chi connectivity index (χ0) is 29.1. The number of carbonyl (C=O) groups is 2.